The normalized spacial score (nSPS) is 16.7. The van der Waals surface area contributed by atoms with Crippen molar-refractivity contribution in [2.24, 2.45) is 0 Å². The summed E-state index contributed by atoms with van der Waals surface area (Å²) in [6.45, 7) is 8.11. The molecule has 1 N–H and O–H groups in total. The van der Waals surface area contributed by atoms with Crippen molar-refractivity contribution in [2.75, 3.05) is 47.2 Å². The Bertz CT molecular complexity index is 1180. The predicted molar refractivity (Wildman–Crippen MR) is 148 cm³/mol. The monoisotopic (exact) mass is 527 g/mol. The van der Waals surface area contributed by atoms with Gasteiger partial charge in [-0.2, -0.15) is 4.37 Å². The first-order valence-electron chi connectivity index (χ1n) is 12.0. The lowest BCUT2D eigenvalue weighted by Gasteiger charge is -2.41. The molecular weight excluding hydrogens is 498 g/mol. The van der Waals surface area contributed by atoms with E-state index in [0.29, 0.717) is 0 Å². The molecule has 1 saturated heterocycles. The van der Waals surface area contributed by atoms with E-state index >= 15 is 0 Å². The Hall–Kier alpha value is -2.42. The van der Waals surface area contributed by atoms with Crippen LogP contribution in [0.15, 0.2) is 53.4 Å². The average molecular weight is 528 g/mol. The van der Waals surface area contributed by atoms with Crippen LogP contribution >= 0.6 is 35.1 Å². The Kier molecular flexibility index (Phi) is 7.41. The van der Waals surface area contributed by atoms with Gasteiger partial charge < -0.3 is 19.4 Å². The summed E-state index contributed by atoms with van der Waals surface area (Å²) in [5, 5.41) is 1.82. The molecule has 3 aromatic rings. The van der Waals surface area contributed by atoms with Crippen molar-refractivity contribution in [3.05, 3.63) is 64.8 Å². The molecule has 5 rings (SSSR count). The number of carbonyl (C=O) groups excluding carboxylic acids is 1. The van der Waals surface area contributed by atoms with Gasteiger partial charge in [-0.3, -0.25) is 4.79 Å². The molecule has 3 heterocycles. The van der Waals surface area contributed by atoms with E-state index in [1.54, 1.807) is 11.9 Å². The zero-order valence-corrected chi connectivity index (χ0v) is 22.4. The van der Waals surface area contributed by atoms with Gasteiger partial charge in [0.15, 0.2) is 0 Å². The molecule has 0 spiro atoms. The van der Waals surface area contributed by atoms with Gasteiger partial charge in [0.25, 0.3) is 0 Å². The van der Waals surface area contributed by atoms with Gasteiger partial charge in [-0.15, -0.1) is 0 Å². The fourth-order valence-corrected chi connectivity index (χ4v) is 6.36. The molecule has 1 aromatic heterocycles. The number of aromatic nitrogens is 1. The van der Waals surface area contributed by atoms with Crippen molar-refractivity contribution < 1.29 is 4.79 Å². The summed E-state index contributed by atoms with van der Waals surface area (Å²) in [7, 11) is 0. The van der Waals surface area contributed by atoms with E-state index in [-0.39, 0.29) is 11.9 Å². The second-order valence-corrected chi connectivity index (χ2v) is 11.2. The molecule has 35 heavy (non-hydrogen) atoms. The highest BCUT2D eigenvalue weighted by Crippen LogP contribution is 2.32. The third-order valence-electron chi connectivity index (χ3n) is 6.71. The number of aryl methyl sites for hydroxylation is 2. The lowest BCUT2D eigenvalue weighted by atomic mass is 10.00. The Morgan fingerprint density at radius 1 is 1.09 bits per heavy atom. The number of amides is 1. The van der Waals surface area contributed by atoms with Gasteiger partial charge in [0.05, 0.1) is 5.69 Å². The fourth-order valence-electron chi connectivity index (χ4n) is 4.83. The van der Waals surface area contributed by atoms with Crippen molar-refractivity contribution in [3.8, 4) is 0 Å². The molecule has 6 nitrogen and oxygen atoms in total. The Morgan fingerprint density at radius 2 is 1.86 bits per heavy atom. The zero-order valence-electron chi connectivity index (χ0n) is 20.0. The first-order chi connectivity index (χ1) is 17.0. The lowest BCUT2D eigenvalue weighted by Crippen LogP contribution is -2.55. The Morgan fingerprint density at radius 3 is 2.57 bits per heavy atom. The quantitative estimate of drug-likeness (QED) is 0.414. The van der Waals surface area contributed by atoms with Crippen LogP contribution < -0.4 is 14.5 Å². The van der Waals surface area contributed by atoms with Crippen LogP contribution in [0.3, 0.4) is 0 Å². The van der Waals surface area contributed by atoms with Crippen molar-refractivity contribution in [1.82, 2.24) is 9.27 Å². The standard InChI is InChI=1S/C26H30ClN5OS2/c1-18-16-25(35-28-18)29-34-23-8-6-22(7-9-23)30-12-14-31(15-13-30)26(33)19(2)32-11-3-4-20-17-21(27)5-10-24(20)32/h5-10,16-17,19,29H,3-4,11-15H2,1-2H3. The molecule has 1 unspecified atom stereocenters. The number of hydrogen-bond donors (Lipinski definition) is 1. The molecule has 0 aliphatic carbocycles. The summed E-state index contributed by atoms with van der Waals surface area (Å²) in [5.41, 5.74) is 4.63. The smallest absolute Gasteiger partial charge is 0.245 e. The molecule has 9 heteroatoms. The summed E-state index contributed by atoms with van der Waals surface area (Å²) < 4.78 is 7.65. The minimum Gasteiger partial charge on any atom is -0.368 e. The number of piperazine rings is 1. The van der Waals surface area contributed by atoms with Crippen LogP contribution in [0, 0.1) is 6.92 Å². The van der Waals surface area contributed by atoms with Crippen molar-refractivity contribution >= 4 is 57.4 Å². The molecule has 2 aromatic carbocycles. The molecule has 2 aliphatic rings. The van der Waals surface area contributed by atoms with Gasteiger partial charge in [0, 0.05) is 54.0 Å². The van der Waals surface area contributed by atoms with E-state index in [1.807, 2.05) is 36.9 Å². The summed E-state index contributed by atoms with van der Waals surface area (Å²) in [6.07, 6.45) is 2.07. The number of benzene rings is 2. The van der Waals surface area contributed by atoms with Crippen LogP contribution in [-0.2, 0) is 11.2 Å². The maximum Gasteiger partial charge on any atom is 0.245 e. The maximum absolute atomic E-state index is 13.4. The second-order valence-electron chi connectivity index (χ2n) is 9.09. The van der Waals surface area contributed by atoms with Gasteiger partial charge in [0.2, 0.25) is 5.91 Å². The number of halogens is 1. The number of fused-ring (bicyclic) bond motifs is 1. The van der Waals surface area contributed by atoms with Crippen molar-refractivity contribution in [1.29, 1.82) is 0 Å². The Labute approximate surface area is 220 Å². The summed E-state index contributed by atoms with van der Waals surface area (Å²) in [4.78, 5) is 21.2. The molecule has 0 saturated carbocycles. The summed E-state index contributed by atoms with van der Waals surface area (Å²) in [6, 6.07) is 16.5. The number of anilines is 3. The van der Waals surface area contributed by atoms with E-state index in [4.69, 9.17) is 11.6 Å². The van der Waals surface area contributed by atoms with Crippen molar-refractivity contribution in [3.63, 3.8) is 0 Å². The van der Waals surface area contributed by atoms with E-state index in [9.17, 15) is 4.79 Å². The van der Waals surface area contributed by atoms with E-state index < -0.39 is 0 Å². The highest BCUT2D eigenvalue weighted by Gasteiger charge is 2.31. The minimum atomic E-state index is -0.173. The first kappa shape index (κ1) is 24.3. The Balaban J connectivity index is 1.15. The number of rotatable bonds is 6. The summed E-state index contributed by atoms with van der Waals surface area (Å²) in [5.74, 6) is 0.212. The molecule has 2 aliphatic heterocycles. The van der Waals surface area contributed by atoms with Crippen LogP contribution in [0.1, 0.15) is 24.6 Å². The number of carbonyl (C=O) groups is 1. The SMILES string of the molecule is Cc1cc(NSc2ccc(N3CCN(C(=O)C(C)N4CCCc5cc(Cl)ccc54)CC3)cc2)sn1. The number of hydrogen-bond acceptors (Lipinski definition) is 7. The van der Waals surface area contributed by atoms with Crippen molar-refractivity contribution in [2.45, 2.75) is 37.6 Å². The highest BCUT2D eigenvalue weighted by molar-refractivity contribution is 8.00. The molecular formula is C26H30ClN5OS2. The van der Waals surface area contributed by atoms with Crippen LogP contribution in [0.2, 0.25) is 5.02 Å². The van der Waals surface area contributed by atoms with E-state index in [1.165, 1.54) is 22.8 Å². The average Bonchev–Trinajstić information content (AvgIpc) is 3.31. The topological polar surface area (TPSA) is 51.7 Å². The predicted octanol–water partition coefficient (Wildman–Crippen LogP) is 5.71. The molecule has 0 radical (unpaired) electrons. The zero-order chi connectivity index (χ0) is 24.4. The third-order valence-corrected chi connectivity index (χ3v) is 8.70. The van der Waals surface area contributed by atoms with Gasteiger partial charge in [-0.25, -0.2) is 0 Å². The minimum absolute atomic E-state index is 0.173. The van der Waals surface area contributed by atoms with Crippen LogP contribution in [0.5, 0.6) is 0 Å². The maximum atomic E-state index is 13.4. The first-order valence-corrected chi connectivity index (χ1v) is 14.0. The molecule has 1 fully saturated rings. The van der Waals surface area contributed by atoms with E-state index in [0.717, 1.165) is 71.9 Å². The van der Waals surface area contributed by atoms with Gasteiger partial charge in [-0.1, -0.05) is 11.6 Å². The van der Waals surface area contributed by atoms with Gasteiger partial charge in [-0.05, 0) is 104 Å². The van der Waals surface area contributed by atoms with Gasteiger partial charge >= 0.3 is 0 Å². The van der Waals surface area contributed by atoms with E-state index in [2.05, 4.69) is 49.2 Å². The lowest BCUT2D eigenvalue weighted by molar-refractivity contribution is -0.132. The molecule has 1 amide bonds. The number of nitrogens with zero attached hydrogens (tertiary/aromatic N) is 4. The molecule has 1 atom stereocenters. The van der Waals surface area contributed by atoms with Crippen LogP contribution in [-0.4, -0.2) is 53.9 Å². The molecule has 184 valence electrons. The number of nitrogens with one attached hydrogen (secondary N) is 1. The highest BCUT2D eigenvalue weighted by atomic mass is 35.5. The van der Waals surface area contributed by atoms with Crippen LogP contribution in [0.4, 0.5) is 16.4 Å². The summed E-state index contributed by atoms with van der Waals surface area (Å²) >= 11 is 9.27. The second kappa shape index (κ2) is 10.7. The van der Waals surface area contributed by atoms with Crippen LogP contribution in [0.25, 0.3) is 0 Å². The third kappa shape index (κ3) is 5.55. The fraction of sp³-hybridized carbons (Fsp3) is 0.385. The van der Waals surface area contributed by atoms with Gasteiger partial charge in [0.1, 0.15) is 11.0 Å². The largest absolute Gasteiger partial charge is 0.368 e. The molecule has 0 bridgehead atoms.